The summed E-state index contributed by atoms with van der Waals surface area (Å²) in [6.45, 7) is 0.499. The number of rotatable bonds is 6. The van der Waals surface area contributed by atoms with E-state index >= 15 is 0 Å². The van der Waals surface area contributed by atoms with Crippen molar-refractivity contribution in [3.05, 3.63) is 95.9 Å². The highest BCUT2D eigenvalue weighted by Gasteiger charge is 2.11. The lowest BCUT2D eigenvalue weighted by Crippen LogP contribution is -1.96. The van der Waals surface area contributed by atoms with Gasteiger partial charge in [-0.2, -0.15) is 5.10 Å². The highest BCUT2D eigenvalue weighted by atomic mass is 19.1. The fourth-order valence-corrected chi connectivity index (χ4v) is 3.10. The normalized spacial score (nSPS) is 11.2. The third-order valence-electron chi connectivity index (χ3n) is 4.48. The van der Waals surface area contributed by atoms with Gasteiger partial charge in [0.25, 0.3) is 0 Å². The first-order valence-electron chi connectivity index (χ1n) is 9.00. The Bertz CT molecular complexity index is 1100. The monoisotopic (exact) mass is 373 g/mol. The average Bonchev–Trinajstić information content (AvgIpc) is 3.05. The van der Waals surface area contributed by atoms with Crippen LogP contribution in [-0.2, 0) is 13.7 Å². The van der Waals surface area contributed by atoms with Crippen molar-refractivity contribution in [3.8, 4) is 5.75 Å². The average molecular weight is 373 g/mol. The summed E-state index contributed by atoms with van der Waals surface area (Å²) in [5.41, 5.74) is 6.76. The number of hydrazone groups is 1. The molecule has 1 N–H and O–H groups in total. The summed E-state index contributed by atoms with van der Waals surface area (Å²) < 4.78 is 21.2. The third kappa shape index (κ3) is 3.88. The summed E-state index contributed by atoms with van der Waals surface area (Å²) in [6, 6.07) is 22.2. The molecule has 0 unspecified atom stereocenters. The van der Waals surface area contributed by atoms with Crippen LogP contribution in [0.3, 0.4) is 0 Å². The zero-order valence-corrected chi connectivity index (χ0v) is 15.5. The number of halogens is 1. The van der Waals surface area contributed by atoms with Gasteiger partial charge < -0.3 is 9.30 Å². The molecule has 4 rings (SSSR count). The maximum absolute atomic E-state index is 13.0. The fraction of sp³-hybridized carbons (Fsp3) is 0.0870. The Morgan fingerprint density at radius 3 is 2.57 bits per heavy atom. The number of aromatic nitrogens is 1. The standard InChI is InChI=1S/C23H20FN3O/c1-27-15-18(14-25-26-20-12-10-19(24)11-13-20)23-21(27)8-5-9-22(23)28-16-17-6-3-2-4-7-17/h2-15,26H,16H2,1H3/b25-14+. The predicted octanol–water partition coefficient (Wildman–Crippen LogP) is 5.34. The molecule has 1 aromatic heterocycles. The smallest absolute Gasteiger partial charge is 0.129 e. The molecule has 140 valence electrons. The highest BCUT2D eigenvalue weighted by Crippen LogP contribution is 2.30. The molecule has 4 nitrogen and oxygen atoms in total. The molecule has 0 radical (unpaired) electrons. The molecule has 0 fully saturated rings. The molecular weight excluding hydrogens is 353 g/mol. The second-order valence-electron chi connectivity index (χ2n) is 6.50. The number of nitrogens with one attached hydrogen (secondary N) is 1. The van der Waals surface area contributed by atoms with E-state index in [-0.39, 0.29) is 5.82 Å². The molecule has 0 aliphatic rings. The van der Waals surface area contributed by atoms with Crippen molar-refractivity contribution in [2.75, 3.05) is 5.43 Å². The van der Waals surface area contributed by atoms with Gasteiger partial charge in [-0.3, -0.25) is 5.43 Å². The number of anilines is 1. The first-order valence-corrected chi connectivity index (χ1v) is 9.00. The van der Waals surface area contributed by atoms with Crippen LogP contribution in [0.4, 0.5) is 10.1 Å². The van der Waals surface area contributed by atoms with Crippen LogP contribution >= 0.6 is 0 Å². The number of hydrogen-bond donors (Lipinski definition) is 1. The molecule has 0 saturated carbocycles. The van der Waals surface area contributed by atoms with Crippen LogP contribution in [0.2, 0.25) is 0 Å². The lowest BCUT2D eigenvalue weighted by molar-refractivity contribution is 0.310. The van der Waals surface area contributed by atoms with Crippen LogP contribution < -0.4 is 10.2 Å². The number of fused-ring (bicyclic) bond motifs is 1. The summed E-state index contributed by atoms with van der Waals surface area (Å²) in [5.74, 6) is 0.536. The minimum absolute atomic E-state index is 0.274. The zero-order chi connectivity index (χ0) is 19.3. The Morgan fingerprint density at radius 2 is 1.79 bits per heavy atom. The van der Waals surface area contributed by atoms with Gasteiger partial charge in [0, 0.05) is 18.8 Å². The van der Waals surface area contributed by atoms with Gasteiger partial charge in [0.05, 0.1) is 22.8 Å². The van der Waals surface area contributed by atoms with Crippen LogP contribution in [0.15, 0.2) is 84.1 Å². The van der Waals surface area contributed by atoms with Crippen molar-refractivity contribution in [1.82, 2.24) is 4.57 Å². The van der Waals surface area contributed by atoms with Gasteiger partial charge in [-0.1, -0.05) is 36.4 Å². The van der Waals surface area contributed by atoms with Crippen LogP contribution in [-0.4, -0.2) is 10.8 Å². The Kier molecular flexibility index (Phi) is 5.06. The van der Waals surface area contributed by atoms with Gasteiger partial charge in [0.2, 0.25) is 0 Å². The predicted molar refractivity (Wildman–Crippen MR) is 111 cm³/mol. The number of ether oxygens (including phenoxy) is 1. The van der Waals surface area contributed by atoms with E-state index in [1.807, 2.05) is 60.3 Å². The molecule has 0 spiro atoms. The van der Waals surface area contributed by atoms with Gasteiger partial charge in [-0.05, 0) is 42.0 Å². The Labute approximate surface area is 162 Å². The number of benzene rings is 3. The molecular formula is C23H20FN3O. The van der Waals surface area contributed by atoms with E-state index in [1.165, 1.54) is 12.1 Å². The van der Waals surface area contributed by atoms with Crippen molar-refractivity contribution in [3.63, 3.8) is 0 Å². The first kappa shape index (κ1) is 17.8. The summed E-state index contributed by atoms with van der Waals surface area (Å²) in [6.07, 6.45) is 3.76. The Balaban J connectivity index is 1.59. The fourth-order valence-electron chi connectivity index (χ4n) is 3.10. The number of nitrogens with zero attached hydrogens (tertiary/aromatic N) is 2. The van der Waals surface area contributed by atoms with Gasteiger partial charge in [0.1, 0.15) is 18.2 Å². The van der Waals surface area contributed by atoms with Crippen molar-refractivity contribution in [2.45, 2.75) is 6.61 Å². The van der Waals surface area contributed by atoms with Crippen molar-refractivity contribution in [2.24, 2.45) is 12.1 Å². The van der Waals surface area contributed by atoms with Gasteiger partial charge in [-0.25, -0.2) is 4.39 Å². The van der Waals surface area contributed by atoms with E-state index in [9.17, 15) is 4.39 Å². The topological polar surface area (TPSA) is 38.5 Å². The van der Waals surface area contributed by atoms with Crippen molar-refractivity contribution in [1.29, 1.82) is 0 Å². The lowest BCUT2D eigenvalue weighted by Gasteiger charge is -2.09. The van der Waals surface area contributed by atoms with Crippen LogP contribution in [0.25, 0.3) is 10.9 Å². The van der Waals surface area contributed by atoms with E-state index in [1.54, 1.807) is 18.3 Å². The summed E-state index contributed by atoms with van der Waals surface area (Å²) in [7, 11) is 1.99. The number of hydrogen-bond acceptors (Lipinski definition) is 3. The Hall–Kier alpha value is -3.60. The first-order chi connectivity index (χ1) is 13.7. The molecule has 0 amide bonds. The van der Waals surface area contributed by atoms with Crippen LogP contribution in [0.5, 0.6) is 5.75 Å². The Morgan fingerprint density at radius 1 is 1.00 bits per heavy atom. The quantitative estimate of drug-likeness (QED) is 0.366. The molecule has 0 atom stereocenters. The highest BCUT2D eigenvalue weighted by molar-refractivity contribution is 6.03. The molecule has 28 heavy (non-hydrogen) atoms. The molecule has 0 bridgehead atoms. The van der Waals surface area contributed by atoms with E-state index in [0.717, 1.165) is 33.5 Å². The molecule has 5 heteroatoms. The second-order valence-corrected chi connectivity index (χ2v) is 6.50. The minimum Gasteiger partial charge on any atom is -0.488 e. The second kappa shape index (κ2) is 7.96. The molecule has 0 aliphatic heterocycles. The van der Waals surface area contributed by atoms with Crippen LogP contribution in [0, 0.1) is 5.82 Å². The lowest BCUT2D eigenvalue weighted by atomic mass is 10.1. The zero-order valence-electron chi connectivity index (χ0n) is 15.5. The van der Waals surface area contributed by atoms with Crippen molar-refractivity contribution >= 4 is 22.8 Å². The minimum atomic E-state index is -0.274. The molecule has 1 heterocycles. The maximum atomic E-state index is 13.0. The molecule has 3 aromatic carbocycles. The summed E-state index contributed by atoms with van der Waals surface area (Å²) in [5, 5.41) is 5.30. The van der Waals surface area contributed by atoms with E-state index in [0.29, 0.717) is 6.61 Å². The van der Waals surface area contributed by atoms with Gasteiger partial charge in [0.15, 0.2) is 0 Å². The largest absolute Gasteiger partial charge is 0.488 e. The van der Waals surface area contributed by atoms with E-state index < -0.39 is 0 Å². The summed E-state index contributed by atoms with van der Waals surface area (Å²) in [4.78, 5) is 0. The summed E-state index contributed by atoms with van der Waals surface area (Å²) >= 11 is 0. The van der Waals surface area contributed by atoms with Crippen LogP contribution in [0.1, 0.15) is 11.1 Å². The third-order valence-corrected chi connectivity index (χ3v) is 4.48. The SMILES string of the molecule is Cn1cc(/C=N/Nc2ccc(F)cc2)c2c(OCc3ccccc3)cccc21. The molecule has 4 aromatic rings. The molecule has 0 aliphatic carbocycles. The molecule has 0 saturated heterocycles. The number of aryl methyl sites for hydroxylation is 1. The van der Waals surface area contributed by atoms with Gasteiger partial charge in [-0.15, -0.1) is 0 Å². The van der Waals surface area contributed by atoms with E-state index in [2.05, 4.69) is 16.6 Å². The van der Waals surface area contributed by atoms with Gasteiger partial charge >= 0.3 is 0 Å². The maximum Gasteiger partial charge on any atom is 0.129 e. The van der Waals surface area contributed by atoms with Crippen molar-refractivity contribution < 1.29 is 9.13 Å². The van der Waals surface area contributed by atoms with E-state index in [4.69, 9.17) is 4.74 Å².